The Kier molecular flexibility index (Phi) is 12.8. The molecule has 6 aromatic rings. The zero-order valence-corrected chi connectivity index (χ0v) is 31.4. The second-order valence-electron chi connectivity index (χ2n) is 13.4. The number of hydrogen-bond acceptors (Lipinski definition) is 4. The molecule has 0 amide bonds. The molecule has 0 aliphatic rings. The van der Waals surface area contributed by atoms with Crippen LogP contribution in [0.15, 0.2) is 109 Å². The second-order valence-corrected chi connectivity index (χ2v) is 13.4. The van der Waals surface area contributed by atoms with E-state index < -0.39 is 46.5 Å². The molecule has 296 valence electrons. The maximum absolute atomic E-state index is 15.7. The highest BCUT2D eigenvalue weighted by Crippen LogP contribution is 2.48. The van der Waals surface area contributed by atoms with E-state index in [1.807, 2.05) is 42.5 Å². The predicted octanol–water partition coefficient (Wildman–Crippen LogP) is 14.4. The fraction of sp³-hybridized carbons (Fsp3) is 0.217. The van der Waals surface area contributed by atoms with E-state index in [4.69, 9.17) is 14.2 Å². The molecule has 0 spiro atoms. The zero-order valence-electron chi connectivity index (χ0n) is 31.4. The molecule has 0 fully saturated rings. The molecule has 0 saturated carbocycles. The lowest BCUT2D eigenvalue weighted by atomic mass is 10.0. The minimum atomic E-state index is -4.77. The quantitative estimate of drug-likeness (QED) is 0.0723. The van der Waals surface area contributed by atoms with Gasteiger partial charge in [0.25, 0.3) is 0 Å². The van der Waals surface area contributed by atoms with E-state index in [-0.39, 0.29) is 40.5 Å². The van der Waals surface area contributed by atoms with E-state index in [9.17, 15) is 13.2 Å². The Morgan fingerprint density at radius 3 is 1.42 bits per heavy atom. The molecule has 0 aliphatic heterocycles. The molecule has 0 radical (unpaired) electrons. The molecule has 11 heteroatoms. The summed E-state index contributed by atoms with van der Waals surface area (Å²) in [6, 6.07) is 26.6. The van der Waals surface area contributed by atoms with Gasteiger partial charge in [-0.3, -0.25) is 0 Å². The third-order valence-corrected chi connectivity index (χ3v) is 8.93. The molecule has 6 rings (SSSR count). The van der Waals surface area contributed by atoms with Crippen LogP contribution < -0.4 is 18.9 Å². The SMILES string of the molecule is CCCc1ccc(Oc2cc(-c3cc(F)c(C(F)(F)Oc4cc(F)c(F)c(F)c4)c(F)c3)cc(Oc3ccc(CCC)cc3)c2Oc2cccc(CCC)c2)cc1. The first-order valence-corrected chi connectivity index (χ1v) is 18.6. The van der Waals surface area contributed by atoms with Crippen molar-refractivity contribution in [3.63, 3.8) is 0 Å². The number of alkyl halides is 2. The normalized spacial score (nSPS) is 11.4. The van der Waals surface area contributed by atoms with Gasteiger partial charge in [-0.1, -0.05) is 76.4 Å². The summed E-state index contributed by atoms with van der Waals surface area (Å²) in [4.78, 5) is 0. The van der Waals surface area contributed by atoms with Crippen LogP contribution in [0.3, 0.4) is 0 Å². The standard InChI is InChI=1S/C46H39F7O4/c1-4-8-28-13-17-33(18-14-28)54-41-24-32(31-22-37(47)43(38(48)23-31)46(52,53)57-36-26-39(49)44(51)40(50)27-36)25-42(55-34-19-15-29(9-5-2)16-20-34)45(41)56-35-12-7-11-30(21-35)10-6-3/h7,11-27H,4-6,8-10H2,1-3H3. The van der Waals surface area contributed by atoms with Gasteiger partial charge in [-0.2, -0.15) is 8.78 Å². The maximum Gasteiger partial charge on any atom is 0.432 e. The predicted molar refractivity (Wildman–Crippen MR) is 204 cm³/mol. The molecular formula is C46H39F7O4. The number of hydrogen-bond donors (Lipinski definition) is 0. The van der Waals surface area contributed by atoms with Gasteiger partial charge in [0.05, 0.1) is 0 Å². The summed E-state index contributed by atoms with van der Waals surface area (Å²) in [5.41, 5.74) is 1.24. The van der Waals surface area contributed by atoms with Gasteiger partial charge >= 0.3 is 6.11 Å². The average Bonchev–Trinajstić information content (AvgIpc) is 3.16. The molecular weight excluding hydrogens is 749 g/mol. The van der Waals surface area contributed by atoms with Crippen molar-refractivity contribution in [1.29, 1.82) is 0 Å². The van der Waals surface area contributed by atoms with Crippen molar-refractivity contribution in [2.75, 3.05) is 0 Å². The first kappa shape index (κ1) is 40.7. The smallest absolute Gasteiger partial charge is 0.432 e. The Morgan fingerprint density at radius 2 is 0.930 bits per heavy atom. The summed E-state index contributed by atoms with van der Waals surface area (Å²) in [7, 11) is 0. The molecule has 57 heavy (non-hydrogen) atoms. The molecule has 0 aromatic heterocycles. The lowest BCUT2D eigenvalue weighted by Crippen LogP contribution is -2.25. The number of rotatable bonds is 16. The minimum Gasteiger partial charge on any atom is -0.453 e. The Morgan fingerprint density at radius 1 is 0.456 bits per heavy atom. The fourth-order valence-corrected chi connectivity index (χ4v) is 6.25. The third kappa shape index (κ3) is 9.89. The van der Waals surface area contributed by atoms with Crippen LogP contribution in [0.5, 0.6) is 40.2 Å². The van der Waals surface area contributed by atoms with Gasteiger partial charge in [-0.05, 0) is 108 Å². The monoisotopic (exact) mass is 788 g/mol. The Balaban J connectivity index is 1.47. The molecule has 4 nitrogen and oxygen atoms in total. The van der Waals surface area contributed by atoms with Crippen LogP contribution >= 0.6 is 0 Å². The Labute approximate surface area is 326 Å². The number of halogens is 7. The summed E-state index contributed by atoms with van der Waals surface area (Å²) in [5.74, 6) is -8.71. The van der Waals surface area contributed by atoms with Crippen molar-refractivity contribution < 1.29 is 49.7 Å². The van der Waals surface area contributed by atoms with E-state index >= 15 is 17.6 Å². The van der Waals surface area contributed by atoms with Crippen LogP contribution in [0.2, 0.25) is 0 Å². The van der Waals surface area contributed by atoms with Crippen LogP contribution in [-0.2, 0) is 25.4 Å². The van der Waals surface area contributed by atoms with Crippen molar-refractivity contribution in [3.05, 3.63) is 161 Å². The lowest BCUT2D eigenvalue weighted by Gasteiger charge is -2.21. The lowest BCUT2D eigenvalue weighted by molar-refractivity contribution is -0.189. The van der Waals surface area contributed by atoms with Crippen LogP contribution in [0.4, 0.5) is 30.7 Å². The van der Waals surface area contributed by atoms with Gasteiger partial charge in [-0.25, -0.2) is 22.0 Å². The molecule has 0 bridgehead atoms. The van der Waals surface area contributed by atoms with Crippen molar-refractivity contribution >= 4 is 0 Å². The van der Waals surface area contributed by atoms with E-state index in [1.54, 1.807) is 30.3 Å². The maximum atomic E-state index is 15.7. The van der Waals surface area contributed by atoms with Crippen LogP contribution in [0.1, 0.15) is 62.3 Å². The molecule has 0 atom stereocenters. The van der Waals surface area contributed by atoms with Crippen LogP contribution in [-0.4, -0.2) is 0 Å². The van der Waals surface area contributed by atoms with Crippen LogP contribution in [0, 0.1) is 29.1 Å². The largest absolute Gasteiger partial charge is 0.453 e. The fourth-order valence-electron chi connectivity index (χ4n) is 6.25. The summed E-state index contributed by atoms with van der Waals surface area (Å²) < 4.78 is 126. The highest BCUT2D eigenvalue weighted by Gasteiger charge is 2.41. The summed E-state index contributed by atoms with van der Waals surface area (Å²) in [6.45, 7) is 6.18. The Bertz CT molecular complexity index is 2210. The Hall–Kier alpha value is -5.97. The van der Waals surface area contributed by atoms with E-state index in [1.165, 1.54) is 12.1 Å². The van der Waals surface area contributed by atoms with Crippen molar-refractivity contribution in [2.45, 2.75) is 65.4 Å². The summed E-state index contributed by atoms with van der Waals surface area (Å²) >= 11 is 0. The molecule has 0 unspecified atom stereocenters. The third-order valence-electron chi connectivity index (χ3n) is 8.93. The first-order chi connectivity index (χ1) is 27.4. The topological polar surface area (TPSA) is 36.9 Å². The summed E-state index contributed by atoms with van der Waals surface area (Å²) in [5, 5.41) is 0. The van der Waals surface area contributed by atoms with Gasteiger partial charge in [0.2, 0.25) is 5.75 Å². The average molecular weight is 789 g/mol. The van der Waals surface area contributed by atoms with Crippen molar-refractivity contribution in [2.24, 2.45) is 0 Å². The van der Waals surface area contributed by atoms with E-state index in [0.29, 0.717) is 29.4 Å². The highest BCUT2D eigenvalue weighted by atomic mass is 19.3. The minimum absolute atomic E-state index is 0.0770. The number of ether oxygens (including phenoxy) is 4. The van der Waals surface area contributed by atoms with Crippen LogP contribution in [0.25, 0.3) is 11.1 Å². The molecule has 0 N–H and O–H groups in total. The van der Waals surface area contributed by atoms with E-state index in [0.717, 1.165) is 55.2 Å². The van der Waals surface area contributed by atoms with Crippen molar-refractivity contribution in [3.8, 4) is 51.4 Å². The highest BCUT2D eigenvalue weighted by molar-refractivity contribution is 5.73. The molecule has 0 heterocycles. The van der Waals surface area contributed by atoms with Crippen molar-refractivity contribution in [1.82, 2.24) is 0 Å². The summed E-state index contributed by atoms with van der Waals surface area (Å²) in [6.07, 6.45) is 0.492. The second kappa shape index (κ2) is 17.9. The van der Waals surface area contributed by atoms with Gasteiger partial charge < -0.3 is 18.9 Å². The number of benzene rings is 6. The molecule has 0 aliphatic carbocycles. The zero-order chi connectivity index (χ0) is 40.7. The first-order valence-electron chi connectivity index (χ1n) is 18.6. The van der Waals surface area contributed by atoms with Gasteiger partial charge in [0.1, 0.15) is 40.2 Å². The van der Waals surface area contributed by atoms with Gasteiger partial charge in [-0.15, -0.1) is 0 Å². The van der Waals surface area contributed by atoms with E-state index in [2.05, 4.69) is 25.5 Å². The molecule has 6 aromatic carbocycles. The molecule has 0 saturated heterocycles. The van der Waals surface area contributed by atoms with Gasteiger partial charge in [0, 0.05) is 12.1 Å². The van der Waals surface area contributed by atoms with Gasteiger partial charge in [0.15, 0.2) is 29.0 Å². The number of aryl methyl sites for hydroxylation is 3.